The minimum absolute atomic E-state index is 0.764. The Balaban J connectivity index is 1.98. The molecule has 0 radical (unpaired) electrons. The van der Waals surface area contributed by atoms with E-state index in [1.807, 2.05) is 13.0 Å². The first-order chi connectivity index (χ1) is 9.67. The second-order valence-corrected chi connectivity index (χ2v) is 6.02. The number of nitrogens with zero attached hydrogens (tertiary/aromatic N) is 3. The van der Waals surface area contributed by atoms with Gasteiger partial charge in [0, 0.05) is 29.7 Å². The quantitative estimate of drug-likeness (QED) is 0.849. The normalized spacial score (nSPS) is 11.0. The lowest BCUT2D eigenvalue weighted by Crippen LogP contribution is -2.19. The predicted molar refractivity (Wildman–Crippen MR) is 85.0 cm³/mol. The van der Waals surface area contributed by atoms with E-state index in [1.165, 1.54) is 4.88 Å². The van der Waals surface area contributed by atoms with Crippen LogP contribution < -0.4 is 5.32 Å². The molecule has 2 heterocycles. The maximum Gasteiger partial charge on any atom is 0.144 e. The van der Waals surface area contributed by atoms with Gasteiger partial charge in [0.2, 0.25) is 0 Å². The van der Waals surface area contributed by atoms with Crippen LogP contribution in [0, 0.1) is 6.92 Å². The van der Waals surface area contributed by atoms with Crippen molar-refractivity contribution in [1.82, 2.24) is 14.9 Å². The topological polar surface area (TPSA) is 41.1 Å². The van der Waals surface area contributed by atoms with Gasteiger partial charge >= 0.3 is 0 Å². The summed E-state index contributed by atoms with van der Waals surface area (Å²) < 4.78 is 0. The van der Waals surface area contributed by atoms with Crippen LogP contribution in [0.15, 0.2) is 23.6 Å². The first-order valence-electron chi connectivity index (χ1n) is 6.96. The van der Waals surface area contributed by atoms with Crippen molar-refractivity contribution >= 4 is 17.2 Å². The molecule has 0 bridgehead atoms. The molecule has 20 heavy (non-hydrogen) atoms. The molecule has 0 aliphatic heterocycles. The van der Waals surface area contributed by atoms with Crippen LogP contribution in [-0.4, -0.2) is 28.5 Å². The SMILES string of the molecule is CCCNc1cc(C)nc(CN(C)Cc2cccs2)n1. The molecule has 108 valence electrons. The molecule has 0 aliphatic carbocycles. The summed E-state index contributed by atoms with van der Waals surface area (Å²) in [5.74, 6) is 1.81. The van der Waals surface area contributed by atoms with Crippen LogP contribution in [-0.2, 0) is 13.1 Å². The second kappa shape index (κ2) is 7.36. The zero-order valence-corrected chi connectivity index (χ0v) is 13.2. The molecule has 2 aromatic rings. The van der Waals surface area contributed by atoms with Gasteiger partial charge in [-0.05, 0) is 31.8 Å². The van der Waals surface area contributed by atoms with E-state index in [9.17, 15) is 0 Å². The Morgan fingerprint density at radius 2 is 2.15 bits per heavy atom. The number of anilines is 1. The third kappa shape index (κ3) is 4.58. The summed E-state index contributed by atoms with van der Waals surface area (Å²) >= 11 is 1.78. The third-order valence-corrected chi connectivity index (χ3v) is 3.73. The van der Waals surface area contributed by atoms with Gasteiger partial charge in [-0.25, -0.2) is 9.97 Å². The Labute approximate surface area is 124 Å². The number of thiophene rings is 1. The van der Waals surface area contributed by atoms with Crippen molar-refractivity contribution in [3.8, 4) is 0 Å². The van der Waals surface area contributed by atoms with Crippen LogP contribution in [0.2, 0.25) is 0 Å². The van der Waals surface area contributed by atoms with E-state index in [1.54, 1.807) is 11.3 Å². The Bertz CT molecular complexity index is 525. The maximum atomic E-state index is 4.58. The van der Waals surface area contributed by atoms with Gasteiger partial charge in [-0.2, -0.15) is 0 Å². The van der Waals surface area contributed by atoms with Gasteiger partial charge in [-0.15, -0.1) is 11.3 Å². The van der Waals surface area contributed by atoms with E-state index in [4.69, 9.17) is 0 Å². The van der Waals surface area contributed by atoms with E-state index in [0.717, 1.165) is 43.4 Å². The minimum atomic E-state index is 0.764. The van der Waals surface area contributed by atoms with Gasteiger partial charge < -0.3 is 5.32 Å². The summed E-state index contributed by atoms with van der Waals surface area (Å²) in [6.07, 6.45) is 1.09. The number of nitrogens with one attached hydrogen (secondary N) is 1. The Hall–Kier alpha value is -1.46. The van der Waals surface area contributed by atoms with Gasteiger partial charge in [-0.3, -0.25) is 4.90 Å². The predicted octanol–water partition coefficient (Wildman–Crippen LogP) is 3.30. The standard InChI is InChI=1S/C15H22N4S/c1-4-7-16-14-9-12(2)17-15(18-14)11-19(3)10-13-6-5-8-20-13/h5-6,8-9H,4,7,10-11H2,1-3H3,(H,16,17,18). The van der Waals surface area contributed by atoms with E-state index >= 15 is 0 Å². The van der Waals surface area contributed by atoms with E-state index in [2.05, 4.69) is 51.7 Å². The van der Waals surface area contributed by atoms with Crippen molar-refractivity contribution in [2.45, 2.75) is 33.4 Å². The highest BCUT2D eigenvalue weighted by molar-refractivity contribution is 7.09. The molecule has 5 heteroatoms. The van der Waals surface area contributed by atoms with Crippen molar-refractivity contribution in [3.63, 3.8) is 0 Å². The first kappa shape index (κ1) is 14.9. The van der Waals surface area contributed by atoms with E-state index < -0.39 is 0 Å². The van der Waals surface area contributed by atoms with Gasteiger partial charge in [0.1, 0.15) is 11.6 Å². The molecule has 4 nitrogen and oxygen atoms in total. The summed E-state index contributed by atoms with van der Waals surface area (Å²) in [6, 6.07) is 6.24. The molecule has 0 atom stereocenters. The van der Waals surface area contributed by atoms with Gasteiger partial charge in [0.05, 0.1) is 6.54 Å². The lowest BCUT2D eigenvalue weighted by molar-refractivity contribution is 0.313. The Morgan fingerprint density at radius 1 is 1.30 bits per heavy atom. The molecule has 0 aromatic carbocycles. The van der Waals surface area contributed by atoms with Crippen LogP contribution in [0.3, 0.4) is 0 Å². The summed E-state index contributed by atoms with van der Waals surface area (Å²) in [4.78, 5) is 12.7. The summed E-state index contributed by atoms with van der Waals surface area (Å²) in [5.41, 5.74) is 1.01. The molecular formula is C15H22N4S. The summed E-state index contributed by atoms with van der Waals surface area (Å²) in [5, 5.41) is 5.44. The molecule has 0 saturated heterocycles. The second-order valence-electron chi connectivity index (χ2n) is 4.99. The monoisotopic (exact) mass is 290 g/mol. The lowest BCUT2D eigenvalue weighted by Gasteiger charge is -2.15. The molecule has 0 fully saturated rings. The number of aromatic nitrogens is 2. The zero-order valence-electron chi connectivity index (χ0n) is 12.4. The van der Waals surface area contributed by atoms with Crippen molar-refractivity contribution in [3.05, 3.63) is 40.0 Å². The average Bonchev–Trinajstić information content (AvgIpc) is 2.88. The highest BCUT2D eigenvalue weighted by Crippen LogP contribution is 2.13. The molecular weight excluding hydrogens is 268 g/mol. The maximum absolute atomic E-state index is 4.58. The number of aryl methyl sites for hydroxylation is 1. The van der Waals surface area contributed by atoms with Gasteiger partial charge in [0.15, 0.2) is 0 Å². The summed E-state index contributed by atoms with van der Waals surface area (Å²) in [6.45, 7) is 6.81. The number of hydrogen-bond donors (Lipinski definition) is 1. The fourth-order valence-electron chi connectivity index (χ4n) is 2.01. The Morgan fingerprint density at radius 3 is 2.85 bits per heavy atom. The molecule has 2 aromatic heterocycles. The molecule has 1 N–H and O–H groups in total. The van der Waals surface area contributed by atoms with Crippen molar-refractivity contribution in [2.75, 3.05) is 18.9 Å². The zero-order chi connectivity index (χ0) is 14.4. The van der Waals surface area contributed by atoms with Crippen LogP contribution in [0.4, 0.5) is 5.82 Å². The molecule has 0 unspecified atom stereocenters. The molecule has 2 rings (SSSR count). The fourth-order valence-corrected chi connectivity index (χ4v) is 2.79. The van der Waals surface area contributed by atoms with Crippen LogP contribution in [0.1, 0.15) is 29.7 Å². The van der Waals surface area contributed by atoms with Crippen molar-refractivity contribution in [2.24, 2.45) is 0 Å². The highest BCUT2D eigenvalue weighted by Gasteiger charge is 2.07. The van der Waals surface area contributed by atoms with E-state index in [0.29, 0.717) is 0 Å². The van der Waals surface area contributed by atoms with Crippen LogP contribution in [0.25, 0.3) is 0 Å². The lowest BCUT2D eigenvalue weighted by atomic mass is 10.3. The molecule has 0 saturated carbocycles. The molecule has 0 spiro atoms. The number of hydrogen-bond acceptors (Lipinski definition) is 5. The first-order valence-corrected chi connectivity index (χ1v) is 7.84. The third-order valence-electron chi connectivity index (χ3n) is 2.87. The summed E-state index contributed by atoms with van der Waals surface area (Å²) in [7, 11) is 2.10. The molecule has 0 aliphatic rings. The molecule has 0 amide bonds. The fraction of sp³-hybridized carbons (Fsp3) is 0.467. The van der Waals surface area contributed by atoms with Gasteiger partial charge in [0.25, 0.3) is 0 Å². The smallest absolute Gasteiger partial charge is 0.144 e. The number of rotatable bonds is 7. The minimum Gasteiger partial charge on any atom is -0.370 e. The van der Waals surface area contributed by atoms with Crippen molar-refractivity contribution < 1.29 is 0 Å². The van der Waals surface area contributed by atoms with Crippen molar-refractivity contribution in [1.29, 1.82) is 0 Å². The Kier molecular flexibility index (Phi) is 5.49. The van der Waals surface area contributed by atoms with Gasteiger partial charge in [-0.1, -0.05) is 13.0 Å². The highest BCUT2D eigenvalue weighted by atomic mass is 32.1. The van der Waals surface area contributed by atoms with Crippen LogP contribution in [0.5, 0.6) is 0 Å². The largest absolute Gasteiger partial charge is 0.370 e. The van der Waals surface area contributed by atoms with E-state index in [-0.39, 0.29) is 0 Å². The van der Waals surface area contributed by atoms with Crippen LogP contribution >= 0.6 is 11.3 Å². The average molecular weight is 290 g/mol.